The Morgan fingerprint density at radius 1 is 1.24 bits per heavy atom. The minimum absolute atomic E-state index is 0.0740. The van der Waals surface area contributed by atoms with E-state index in [0.29, 0.717) is 24.5 Å². The zero-order valence-corrected chi connectivity index (χ0v) is 14.5. The molecule has 0 spiro atoms. The molecular formula is C19H22N4O2. The summed E-state index contributed by atoms with van der Waals surface area (Å²) in [7, 11) is 1.59. The number of aromatic nitrogens is 2. The van der Waals surface area contributed by atoms with Crippen molar-refractivity contribution in [2.75, 3.05) is 25.5 Å². The summed E-state index contributed by atoms with van der Waals surface area (Å²) in [6.45, 7) is 3.71. The van der Waals surface area contributed by atoms with Gasteiger partial charge in [-0.2, -0.15) is 0 Å². The van der Waals surface area contributed by atoms with Gasteiger partial charge < -0.3 is 14.5 Å². The first-order chi connectivity index (χ1) is 12.2. The standard InChI is InChI=1S/C19H22N4O2/c1-3-22(12-15-13-23-11-7-6-10-18(23)20-15)14-19(24)21-16-8-4-5-9-17(16)25-2/h4-11,13H,3,12,14H2,1-2H3,(H,21,24). The van der Waals surface area contributed by atoms with Crippen molar-refractivity contribution < 1.29 is 9.53 Å². The summed E-state index contributed by atoms with van der Waals surface area (Å²) < 4.78 is 7.25. The molecule has 2 heterocycles. The molecule has 0 unspecified atom stereocenters. The zero-order valence-electron chi connectivity index (χ0n) is 14.5. The van der Waals surface area contributed by atoms with Gasteiger partial charge in [-0.25, -0.2) is 4.98 Å². The SMILES string of the molecule is CCN(CC(=O)Nc1ccccc1OC)Cc1cn2ccccc2n1. The number of anilines is 1. The molecule has 6 heteroatoms. The summed E-state index contributed by atoms with van der Waals surface area (Å²) in [5.74, 6) is 0.578. The fourth-order valence-corrected chi connectivity index (χ4v) is 2.71. The zero-order chi connectivity index (χ0) is 17.6. The maximum atomic E-state index is 12.4. The van der Waals surface area contributed by atoms with Crippen LogP contribution in [0, 0.1) is 0 Å². The number of carbonyl (C=O) groups is 1. The molecule has 0 aliphatic heterocycles. The van der Waals surface area contributed by atoms with E-state index in [4.69, 9.17) is 4.74 Å². The van der Waals surface area contributed by atoms with Crippen molar-refractivity contribution >= 4 is 17.2 Å². The molecular weight excluding hydrogens is 316 g/mol. The van der Waals surface area contributed by atoms with Crippen molar-refractivity contribution in [1.82, 2.24) is 14.3 Å². The van der Waals surface area contributed by atoms with Crippen LogP contribution in [0.15, 0.2) is 54.9 Å². The molecule has 130 valence electrons. The van der Waals surface area contributed by atoms with Crippen LogP contribution in [-0.4, -0.2) is 40.4 Å². The molecule has 3 aromatic rings. The number of nitrogens with zero attached hydrogens (tertiary/aromatic N) is 3. The van der Waals surface area contributed by atoms with E-state index in [1.165, 1.54) is 0 Å². The van der Waals surface area contributed by atoms with E-state index < -0.39 is 0 Å². The van der Waals surface area contributed by atoms with Gasteiger partial charge in [0.15, 0.2) is 0 Å². The van der Waals surface area contributed by atoms with Gasteiger partial charge in [0.2, 0.25) is 5.91 Å². The van der Waals surface area contributed by atoms with Crippen LogP contribution in [0.3, 0.4) is 0 Å². The number of carbonyl (C=O) groups excluding carboxylic acids is 1. The second-order valence-corrected chi connectivity index (χ2v) is 5.75. The Hall–Kier alpha value is -2.86. The van der Waals surface area contributed by atoms with Crippen LogP contribution in [-0.2, 0) is 11.3 Å². The predicted octanol–water partition coefficient (Wildman–Crippen LogP) is 2.80. The van der Waals surface area contributed by atoms with Gasteiger partial charge >= 0.3 is 0 Å². The van der Waals surface area contributed by atoms with Crippen molar-refractivity contribution in [3.63, 3.8) is 0 Å². The van der Waals surface area contributed by atoms with Gasteiger partial charge in [0, 0.05) is 18.9 Å². The molecule has 6 nitrogen and oxygen atoms in total. The van der Waals surface area contributed by atoms with Crippen LogP contribution >= 0.6 is 0 Å². The number of methoxy groups -OCH3 is 1. The highest BCUT2D eigenvalue weighted by Crippen LogP contribution is 2.22. The van der Waals surface area contributed by atoms with Gasteiger partial charge in [0.25, 0.3) is 0 Å². The number of benzene rings is 1. The monoisotopic (exact) mass is 338 g/mol. The normalized spacial score (nSPS) is 11.0. The second-order valence-electron chi connectivity index (χ2n) is 5.75. The number of ether oxygens (including phenoxy) is 1. The number of hydrogen-bond acceptors (Lipinski definition) is 4. The summed E-state index contributed by atoms with van der Waals surface area (Å²) in [5, 5.41) is 2.91. The fourth-order valence-electron chi connectivity index (χ4n) is 2.71. The van der Waals surface area contributed by atoms with Crippen LogP contribution < -0.4 is 10.1 Å². The summed E-state index contributed by atoms with van der Waals surface area (Å²) in [6, 6.07) is 13.3. The van der Waals surface area contributed by atoms with Crippen LogP contribution in [0.25, 0.3) is 5.65 Å². The molecule has 25 heavy (non-hydrogen) atoms. The van der Waals surface area contributed by atoms with E-state index in [1.54, 1.807) is 7.11 Å². The summed E-state index contributed by atoms with van der Waals surface area (Å²) in [4.78, 5) is 19.0. The second kappa shape index (κ2) is 7.81. The first-order valence-corrected chi connectivity index (χ1v) is 8.27. The Bertz CT molecular complexity index is 826. The first-order valence-electron chi connectivity index (χ1n) is 8.27. The average Bonchev–Trinajstić information content (AvgIpc) is 3.03. The van der Waals surface area contributed by atoms with Crippen molar-refractivity contribution in [1.29, 1.82) is 0 Å². The van der Waals surface area contributed by atoms with Gasteiger partial charge in [0.05, 0.1) is 25.0 Å². The molecule has 1 N–H and O–H groups in total. The minimum Gasteiger partial charge on any atom is -0.495 e. The topological polar surface area (TPSA) is 58.9 Å². The highest BCUT2D eigenvalue weighted by atomic mass is 16.5. The van der Waals surface area contributed by atoms with Crippen LogP contribution in [0.5, 0.6) is 5.75 Å². The summed E-state index contributed by atoms with van der Waals surface area (Å²) in [5.41, 5.74) is 2.53. The number of likely N-dealkylation sites (N-methyl/N-ethyl adjacent to an activating group) is 1. The van der Waals surface area contributed by atoms with Gasteiger partial charge in [-0.05, 0) is 30.8 Å². The van der Waals surface area contributed by atoms with Crippen LogP contribution in [0.2, 0.25) is 0 Å². The summed E-state index contributed by atoms with van der Waals surface area (Å²) >= 11 is 0. The molecule has 0 saturated carbocycles. The quantitative estimate of drug-likeness (QED) is 0.720. The predicted molar refractivity (Wildman–Crippen MR) is 97.8 cm³/mol. The van der Waals surface area contributed by atoms with Gasteiger partial charge in [0.1, 0.15) is 11.4 Å². The number of fused-ring (bicyclic) bond motifs is 1. The lowest BCUT2D eigenvalue weighted by Crippen LogP contribution is -2.33. The smallest absolute Gasteiger partial charge is 0.238 e. The lowest BCUT2D eigenvalue weighted by molar-refractivity contribution is -0.117. The molecule has 0 aliphatic carbocycles. The molecule has 1 amide bonds. The molecule has 0 aliphatic rings. The number of nitrogens with one attached hydrogen (secondary N) is 1. The maximum absolute atomic E-state index is 12.4. The molecule has 0 radical (unpaired) electrons. The van der Waals surface area contributed by atoms with E-state index >= 15 is 0 Å². The van der Waals surface area contributed by atoms with E-state index in [0.717, 1.165) is 17.9 Å². The molecule has 1 aromatic carbocycles. The Labute approximate surface area is 147 Å². The highest BCUT2D eigenvalue weighted by Gasteiger charge is 2.13. The number of pyridine rings is 1. The molecule has 0 fully saturated rings. The highest BCUT2D eigenvalue weighted by molar-refractivity contribution is 5.93. The van der Waals surface area contributed by atoms with E-state index in [-0.39, 0.29) is 5.91 Å². The fraction of sp³-hybridized carbons (Fsp3) is 0.263. The average molecular weight is 338 g/mol. The lowest BCUT2D eigenvalue weighted by atomic mass is 10.3. The Balaban J connectivity index is 1.64. The number of hydrogen-bond donors (Lipinski definition) is 1. The molecule has 0 bridgehead atoms. The van der Waals surface area contributed by atoms with E-state index in [2.05, 4.69) is 10.3 Å². The van der Waals surface area contributed by atoms with Crippen molar-refractivity contribution in [2.24, 2.45) is 0 Å². The Morgan fingerprint density at radius 2 is 2.04 bits per heavy atom. The van der Waals surface area contributed by atoms with Crippen LogP contribution in [0.1, 0.15) is 12.6 Å². The molecule has 3 rings (SSSR count). The number of amides is 1. The van der Waals surface area contributed by atoms with E-state index in [9.17, 15) is 4.79 Å². The Morgan fingerprint density at radius 3 is 2.80 bits per heavy atom. The van der Waals surface area contributed by atoms with Crippen LogP contribution in [0.4, 0.5) is 5.69 Å². The molecule has 0 atom stereocenters. The number of rotatable bonds is 7. The first kappa shape index (κ1) is 17.0. The number of para-hydroxylation sites is 2. The van der Waals surface area contributed by atoms with Crippen molar-refractivity contribution in [2.45, 2.75) is 13.5 Å². The maximum Gasteiger partial charge on any atom is 0.238 e. The summed E-state index contributed by atoms with van der Waals surface area (Å²) in [6.07, 6.45) is 3.96. The number of imidazole rings is 1. The van der Waals surface area contributed by atoms with Gasteiger partial charge in [-0.1, -0.05) is 25.1 Å². The van der Waals surface area contributed by atoms with Crippen molar-refractivity contribution in [3.8, 4) is 5.75 Å². The largest absolute Gasteiger partial charge is 0.495 e. The third-order valence-corrected chi connectivity index (χ3v) is 3.99. The lowest BCUT2D eigenvalue weighted by Gasteiger charge is -2.19. The minimum atomic E-state index is -0.0740. The molecule has 0 saturated heterocycles. The Kier molecular flexibility index (Phi) is 5.30. The van der Waals surface area contributed by atoms with Crippen molar-refractivity contribution in [3.05, 3.63) is 60.6 Å². The third-order valence-electron chi connectivity index (χ3n) is 3.99. The van der Waals surface area contributed by atoms with Gasteiger partial charge in [-0.15, -0.1) is 0 Å². The molecule has 2 aromatic heterocycles. The third kappa shape index (κ3) is 4.16. The van der Waals surface area contributed by atoms with Gasteiger partial charge in [-0.3, -0.25) is 9.69 Å². The van der Waals surface area contributed by atoms with E-state index in [1.807, 2.05) is 71.1 Å².